The molecule has 132 valence electrons. The van der Waals surface area contributed by atoms with Crippen molar-refractivity contribution in [2.24, 2.45) is 0 Å². The summed E-state index contributed by atoms with van der Waals surface area (Å²) in [5.41, 5.74) is 1.19. The number of Topliss-reactive ketones (excluding diaryl/α,β-unsaturated/α-hetero) is 1. The SMILES string of the molecule is CC(=O)[C@H]([C@@H](c1ccc(Br)cc1)N1CCOCC1)N1CCOCC1. The fraction of sp³-hybridized carbons (Fsp3) is 0.611. The lowest BCUT2D eigenvalue weighted by atomic mass is 9.93. The normalized spacial score (nSPS) is 22.9. The highest BCUT2D eigenvalue weighted by atomic mass is 79.9. The van der Waals surface area contributed by atoms with Gasteiger partial charge in [0.15, 0.2) is 0 Å². The summed E-state index contributed by atoms with van der Waals surface area (Å²) in [6, 6.07) is 8.27. The lowest BCUT2D eigenvalue weighted by Crippen LogP contribution is -2.55. The van der Waals surface area contributed by atoms with Crippen molar-refractivity contribution in [1.82, 2.24) is 9.80 Å². The average molecular weight is 397 g/mol. The third-order valence-electron chi connectivity index (χ3n) is 4.81. The number of nitrogens with zero attached hydrogens (tertiary/aromatic N) is 2. The van der Waals surface area contributed by atoms with E-state index in [2.05, 4.69) is 50.0 Å². The van der Waals surface area contributed by atoms with E-state index in [1.54, 1.807) is 6.92 Å². The first kappa shape index (κ1) is 18.0. The molecule has 0 saturated carbocycles. The van der Waals surface area contributed by atoms with Crippen molar-refractivity contribution < 1.29 is 14.3 Å². The van der Waals surface area contributed by atoms with E-state index < -0.39 is 0 Å². The number of hydrogen-bond acceptors (Lipinski definition) is 5. The van der Waals surface area contributed by atoms with Crippen molar-refractivity contribution in [3.63, 3.8) is 0 Å². The molecule has 3 rings (SSSR count). The van der Waals surface area contributed by atoms with Gasteiger partial charge in [-0.15, -0.1) is 0 Å². The first-order valence-electron chi connectivity index (χ1n) is 8.56. The molecule has 6 heteroatoms. The summed E-state index contributed by atoms with van der Waals surface area (Å²) < 4.78 is 12.1. The van der Waals surface area contributed by atoms with E-state index in [1.807, 2.05) is 0 Å². The van der Waals surface area contributed by atoms with Crippen LogP contribution < -0.4 is 0 Å². The summed E-state index contributed by atoms with van der Waals surface area (Å²) >= 11 is 3.51. The molecular weight excluding hydrogens is 372 g/mol. The predicted octanol–water partition coefficient (Wildman–Crippen LogP) is 2.11. The van der Waals surface area contributed by atoms with Crippen molar-refractivity contribution in [2.75, 3.05) is 52.6 Å². The van der Waals surface area contributed by atoms with E-state index in [-0.39, 0.29) is 17.9 Å². The number of morpholine rings is 2. The van der Waals surface area contributed by atoms with E-state index in [4.69, 9.17) is 9.47 Å². The molecule has 2 aliphatic rings. The molecule has 0 amide bonds. The Kier molecular flexibility index (Phi) is 6.41. The quantitative estimate of drug-likeness (QED) is 0.762. The maximum atomic E-state index is 12.6. The molecule has 2 saturated heterocycles. The lowest BCUT2D eigenvalue weighted by Gasteiger charge is -2.43. The fourth-order valence-corrected chi connectivity index (χ4v) is 3.91. The van der Waals surface area contributed by atoms with Gasteiger partial charge >= 0.3 is 0 Å². The summed E-state index contributed by atoms with van der Waals surface area (Å²) in [6.07, 6.45) is 0. The second-order valence-corrected chi connectivity index (χ2v) is 7.26. The number of ketones is 1. The Hall–Kier alpha value is -0.790. The van der Waals surface area contributed by atoms with E-state index >= 15 is 0 Å². The van der Waals surface area contributed by atoms with Crippen LogP contribution in [0.4, 0.5) is 0 Å². The molecule has 2 atom stereocenters. The van der Waals surface area contributed by atoms with E-state index in [0.29, 0.717) is 13.2 Å². The molecule has 0 radical (unpaired) electrons. The summed E-state index contributed by atoms with van der Waals surface area (Å²) in [5, 5.41) is 0. The number of hydrogen-bond donors (Lipinski definition) is 0. The molecule has 0 spiro atoms. The molecule has 0 N–H and O–H groups in total. The van der Waals surface area contributed by atoms with Gasteiger partial charge in [0.2, 0.25) is 0 Å². The highest BCUT2D eigenvalue weighted by Gasteiger charge is 2.37. The van der Waals surface area contributed by atoms with Gasteiger partial charge in [-0.05, 0) is 24.6 Å². The summed E-state index contributed by atoms with van der Waals surface area (Å²) in [5.74, 6) is 0.219. The van der Waals surface area contributed by atoms with Gasteiger partial charge in [-0.3, -0.25) is 14.6 Å². The zero-order valence-electron chi connectivity index (χ0n) is 14.1. The minimum absolute atomic E-state index is 0.0533. The van der Waals surface area contributed by atoms with Gasteiger partial charge in [0.05, 0.1) is 38.5 Å². The summed E-state index contributed by atoms with van der Waals surface area (Å²) in [4.78, 5) is 17.3. The molecule has 0 aliphatic carbocycles. The highest BCUT2D eigenvalue weighted by molar-refractivity contribution is 9.10. The number of halogens is 1. The zero-order chi connectivity index (χ0) is 16.9. The molecule has 0 aromatic heterocycles. The third-order valence-corrected chi connectivity index (χ3v) is 5.33. The minimum atomic E-state index is -0.145. The van der Waals surface area contributed by atoms with Gasteiger partial charge in [0.1, 0.15) is 5.78 Å². The molecule has 2 aliphatic heterocycles. The standard InChI is InChI=1S/C18H25BrN2O3/c1-14(22)17(20-6-10-23-11-7-20)18(21-8-12-24-13-9-21)15-2-4-16(19)5-3-15/h2-5,17-18H,6-13H2,1H3/t17-,18-/m1/s1. The van der Waals surface area contributed by atoms with Crippen molar-refractivity contribution >= 4 is 21.7 Å². The van der Waals surface area contributed by atoms with Gasteiger partial charge in [0.25, 0.3) is 0 Å². The molecule has 2 heterocycles. The first-order chi connectivity index (χ1) is 11.7. The van der Waals surface area contributed by atoms with Gasteiger partial charge < -0.3 is 9.47 Å². The van der Waals surface area contributed by atoms with Gasteiger partial charge in [-0.2, -0.15) is 0 Å². The molecule has 5 nitrogen and oxygen atoms in total. The third kappa shape index (κ3) is 4.24. The lowest BCUT2D eigenvalue weighted by molar-refractivity contribution is -0.128. The molecule has 1 aromatic carbocycles. The van der Waals surface area contributed by atoms with Crippen LogP contribution in [0.5, 0.6) is 0 Å². The molecule has 0 unspecified atom stereocenters. The number of rotatable bonds is 5. The van der Waals surface area contributed by atoms with Crippen LogP contribution in [0.15, 0.2) is 28.7 Å². The van der Waals surface area contributed by atoms with E-state index in [1.165, 1.54) is 5.56 Å². The number of benzene rings is 1. The van der Waals surface area contributed by atoms with Crippen LogP contribution in [0, 0.1) is 0 Å². The van der Waals surface area contributed by atoms with Crippen LogP contribution in [-0.4, -0.2) is 74.2 Å². The Morgan fingerprint density at radius 1 is 0.958 bits per heavy atom. The molecule has 0 bridgehead atoms. The second-order valence-electron chi connectivity index (χ2n) is 6.35. The molecule has 2 fully saturated rings. The van der Waals surface area contributed by atoms with Crippen molar-refractivity contribution in [2.45, 2.75) is 19.0 Å². The topological polar surface area (TPSA) is 42.0 Å². The van der Waals surface area contributed by atoms with Crippen molar-refractivity contribution in [3.05, 3.63) is 34.3 Å². The number of ether oxygens (including phenoxy) is 2. The van der Waals surface area contributed by atoms with Gasteiger partial charge in [-0.25, -0.2) is 0 Å². The first-order valence-corrected chi connectivity index (χ1v) is 9.35. The Morgan fingerprint density at radius 2 is 1.46 bits per heavy atom. The van der Waals surface area contributed by atoms with Gasteiger partial charge in [0, 0.05) is 30.7 Å². The minimum Gasteiger partial charge on any atom is -0.379 e. The number of carbonyl (C=O) groups excluding carboxylic acids is 1. The van der Waals surface area contributed by atoms with Crippen LogP contribution in [0.1, 0.15) is 18.5 Å². The zero-order valence-corrected chi connectivity index (χ0v) is 15.7. The van der Waals surface area contributed by atoms with E-state index in [9.17, 15) is 4.79 Å². The molecular formula is C18H25BrN2O3. The maximum absolute atomic E-state index is 12.6. The Balaban J connectivity index is 1.93. The fourth-order valence-electron chi connectivity index (χ4n) is 3.64. The monoisotopic (exact) mass is 396 g/mol. The van der Waals surface area contributed by atoms with Gasteiger partial charge in [-0.1, -0.05) is 28.1 Å². The largest absolute Gasteiger partial charge is 0.379 e. The summed E-state index contributed by atoms with van der Waals surface area (Å²) in [7, 11) is 0. The number of carbonyl (C=O) groups is 1. The van der Waals surface area contributed by atoms with Crippen LogP contribution in [0.25, 0.3) is 0 Å². The van der Waals surface area contributed by atoms with Crippen LogP contribution in [0.3, 0.4) is 0 Å². The van der Waals surface area contributed by atoms with Crippen LogP contribution >= 0.6 is 15.9 Å². The predicted molar refractivity (Wildman–Crippen MR) is 96.1 cm³/mol. The van der Waals surface area contributed by atoms with Crippen molar-refractivity contribution in [1.29, 1.82) is 0 Å². The second kappa shape index (κ2) is 8.54. The Bertz CT molecular complexity index is 540. The Labute approximate surface area is 152 Å². The highest BCUT2D eigenvalue weighted by Crippen LogP contribution is 2.30. The van der Waals surface area contributed by atoms with E-state index in [0.717, 1.165) is 43.9 Å². The smallest absolute Gasteiger partial charge is 0.148 e. The average Bonchev–Trinajstić information content (AvgIpc) is 2.62. The summed E-state index contributed by atoms with van der Waals surface area (Å²) in [6.45, 7) is 7.88. The molecule has 1 aromatic rings. The molecule has 24 heavy (non-hydrogen) atoms. The maximum Gasteiger partial charge on any atom is 0.148 e. The van der Waals surface area contributed by atoms with Crippen LogP contribution in [-0.2, 0) is 14.3 Å². The van der Waals surface area contributed by atoms with Crippen molar-refractivity contribution in [3.8, 4) is 0 Å². The van der Waals surface area contributed by atoms with Crippen LogP contribution in [0.2, 0.25) is 0 Å². The Morgan fingerprint density at radius 3 is 1.96 bits per heavy atom.